The highest BCUT2D eigenvalue weighted by atomic mass is 19.1. The Bertz CT molecular complexity index is 888. The molecular formula is C20H18FN3. The van der Waals surface area contributed by atoms with E-state index in [-0.39, 0.29) is 5.82 Å². The number of aromatic nitrogens is 3. The zero-order valence-electron chi connectivity index (χ0n) is 13.6. The lowest BCUT2D eigenvalue weighted by Gasteiger charge is -2.15. The van der Waals surface area contributed by atoms with Crippen LogP contribution in [-0.4, -0.2) is 15.0 Å². The van der Waals surface area contributed by atoms with Crippen LogP contribution in [0.3, 0.4) is 0 Å². The van der Waals surface area contributed by atoms with Crippen LogP contribution in [0.2, 0.25) is 0 Å². The fourth-order valence-corrected chi connectivity index (χ4v) is 3.15. The van der Waals surface area contributed by atoms with Crippen molar-refractivity contribution in [3.05, 3.63) is 65.2 Å². The van der Waals surface area contributed by atoms with Crippen LogP contribution in [0.25, 0.3) is 22.8 Å². The lowest BCUT2D eigenvalue weighted by Crippen LogP contribution is -2.07. The van der Waals surface area contributed by atoms with E-state index >= 15 is 0 Å². The molecule has 0 saturated carbocycles. The largest absolute Gasteiger partial charge is 0.244 e. The number of pyridine rings is 1. The SMILES string of the molecule is Cc1ccc(-c2ncc3c(n2)CCCC3)nc1-c1ccc(F)cc1. The highest BCUT2D eigenvalue weighted by Crippen LogP contribution is 2.26. The molecule has 2 aromatic heterocycles. The van der Waals surface area contributed by atoms with Crippen LogP contribution in [0.1, 0.15) is 29.7 Å². The molecule has 0 atom stereocenters. The van der Waals surface area contributed by atoms with Gasteiger partial charge in [-0.05, 0) is 74.1 Å². The first kappa shape index (κ1) is 14.9. The molecule has 0 radical (unpaired) electrons. The van der Waals surface area contributed by atoms with Crippen molar-refractivity contribution in [2.75, 3.05) is 0 Å². The van der Waals surface area contributed by atoms with Gasteiger partial charge in [0.2, 0.25) is 0 Å². The van der Waals surface area contributed by atoms with Gasteiger partial charge in [0.15, 0.2) is 5.82 Å². The Balaban J connectivity index is 1.77. The normalized spacial score (nSPS) is 13.6. The molecule has 1 aliphatic carbocycles. The van der Waals surface area contributed by atoms with Gasteiger partial charge in [-0.1, -0.05) is 6.07 Å². The molecule has 4 rings (SSSR count). The predicted molar refractivity (Wildman–Crippen MR) is 92.0 cm³/mol. The maximum atomic E-state index is 13.2. The van der Waals surface area contributed by atoms with E-state index in [1.807, 2.05) is 25.3 Å². The minimum absolute atomic E-state index is 0.245. The van der Waals surface area contributed by atoms with Crippen LogP contribution in [0, 0.1) is 12.7 Å². The number of aryl methyl sites for hydroxylation is 3. The summed E-state index contributed by atoms with van der Waals surface area (Å²) in [7, 11) is 0. The van der Waals surface area contributed by atoms with E-state index in [1.165, 1.54) is 30.5 Å². The summed E-state index contributed by atoms with van der Waals surface area (Å²) < 4.78 is 13.2. The number of fused-ring (bicyclic) bond motifs is 1. The molecule has 4 heteroatoms. The Morgan fingerprint density at radius 2 is 1.71 bits per heavy atom. The third kappa shape index (κ3) is 2.80. The van der Waals surface area contributed by atoms with E-state index in [1.54, 1.807) is 12.1 Å². The number of rotatable bonds is 2. The third-order valence-corrected chi connectivity index (χ3v) is 4.51. The van der Waals surface area contributed by atoms with Gasteiger partial charge in [0.05, 0.1) is 5.69 Å². The highest BCUT2D eigenvalue weighted by molar-refractivity contribution is 5.66. The van der Waals surface area contributed by atoms with E-state index in [2.05, 4.69) is 4.98 Å². The average molecular weight is 319 g/mol. The van der Waals surface area contributed by atoms with Crippen LogP contribution in [-0.2, 0) is 12.8 Å². The summed E-state index contributed by atoms with van der Waals surface area (Å²) in [6.45, 7) is 2.00. The Morgan fingerprint density at radius 3 is 2.54 bits per heavy atom. The van der Waals surface area contributed by atoms with Gasteiger partial charge in [-0.25, -0.2) is 19.3 Å². The number of halogens is 1. The zero-order chi connectivity index (χ0) is 16.5. The van der Waals surface area contributed by atoms with Gasteiger partial charge < -0.3 is 0 Å². The van der Waals surface area contributed by atoms with Crippen LogP contribution in [0.15, 0.2) is 42.6 Å². The second-order valence-corrected chi connectivity index (χ2v) is 6.24. The topological polar surface area (TPSA) is 38.7 Å². The lowest BCUT2D eigenvalue weighted by molar-refractivity contribution is 0.628. The molecule has 0 fully saturated rings. The van der Waals surface area contributed by atoms with Crippen molar-refractivity contribution in [3.8, 4) is 22.8 Å². The Morgan fingerprint density at radius 1 is 0.917 bits per heavy atom. The number of hydrogen-bond donors (Lipinski definition) is 0. The lowest BCUT2D eigenvalue weighted by atomic mass is 9.97. The molecular weight excluding hydrogens is 301 g/mol. The van der Waals surface area contributed by atoms with Gasteiger partial charge in [0, 0.05) is 17.5 Å². The van der Waals surface area contributed by atoms with Gasteiger partial charge in [-0.3, -0.25) is 0 Å². The molecule has 120 valence electrons. The van der Waals surface area contributed by atoms with E-state index in [4.69, 9.17) is 9.97 Å². The fourth-order valence-electron chi connectivity index (χ4n) is 3.15. The smallest absolute Gasteiger partial charge is 0.178 e. The van der Waals surface area contributed by atoms with E-state index in [0.29, 0.717) is 5.82 Å². The number of hydrogen-bond acceptors (Lipinski definition) is 3. The standard InChI is InChI=1S/C20H18FN3/c1-13-6-11-18(23-19(13)14-7-9-16(21)10-8-14)20-22-12-15-4-2-3-5-17(15)24-20/h6-12H,2-5H2,1H3. The molecule has 0 N–H and O–H groups in total. The van der Waals surface area contributed by atoms with Crippen molar-refractivity contribution in [3.63, 3.8) is 0 Å². The molecule has 0 unspecified atom stereocenters. The fraction of sp³-hybridized carbons (Fsp3) is 0.250. The first-order valence-corrected chi connectivity index (χ1v) is 8.29. The molecule has 24 heavy (non-hydrogen) atoms. The van der Waals surface area contributed by atoms with E-state index < -0.39 is 0 Å². The van der Waals surface area contributed by atoms with Crippen molar-refractivity contribution in [2.45, 2.75) is 32.6 Å². The molecule has 1 aliphatic rings. The maximum absolute atomic E-state index is 13.2. The summed E-state index contributed by atoms with van der Waals surface area (Å²) in [6, 6.07) is 10.4. The van der Waals surface area contributed by atoms with Crippen molar-refractivity contribution < 1.29 is 4.39 Å². The minimum atomic E-state index is -0.245. The monoisotopic (exact) mass is 319 g/mol. The summed E-state index contributed by atoms with van der Waals surface area (Å²) in [5, 5.41) is 0. The van der Waals surface area contributed by atoms with E-state index in [9.17, 15) is 4.39 Å². The minimum Gasteiger partial charge on any atom is -0.244 e. The number of nitrogens with zero attached hydrogens (tertiary/aromatic N) is 3. The Hall–Kier alpha value is -2.62. The van der Waals surface area contributed by atoms with Crippen LogP contribution in [0.5, 0.6) is 0 Å². The van der Waals surface area contributed by atoms with Crippen molar-refractivity contribution in [1.82, 2.24) is 15.0 Å². The predicted octanol–water partition coefficient (Wildman–Crippen LogP) is 4.53. The second-order valence-electron chi connectivity index (χ2n) is 6.24. The molecule has 0 aliphatic heterocycles. The Kier molecular flexibility index (Phi) is 3.81. The van der Waals surface area contributed by atoms with Crippen molar-refractivity contribution in [2.24, 2.45) is 0 Å². The summed E-state index contributed by atoms with van der Waals surface area (Å²) in [5.74, 6) is 0.421. The Labute approximate surface area is 140 Å². The molecule has 0 amide bonds. The first-order valence-electron chi connectivity index (χ1n) is 8.29. The van der Waals surface area contributed by atoms with Crippen LogP contribution >= 0.6 is 0 Å². The van der Waals surface area contributed by atoms with Gasteiger partial charge >= 0.3 is 0 Å². The summed E-state index contributed by atoms with van der Waals surface area (Å²) in [5.41, 5.74) is 5.95. The summed E-state index contributed by atoms with van der Waals surface area (Å²) in [4.78, 5) is 14.0. The molecule has 3 nitrogen and oxygen atoms in total. The van der Waals surface area contributed by atoms with Gasteiger partial charge in [-0.15, -0.1) is 0 Å². The first-order chi connectivity index (χ1) is 11.7. The third-order valence-electron chi connectivity index (χ3n) is 4.51. The van der Waals surface area contributed by atoms with Crippen molar-refractivity contribution in [1.29, 1.82) is 0 Å². The molecule has 0 bridgehead atoms. The zero-order valence-corrected chi connectivity index (χ0v) is 13.6. The maximum Gasteiger partial charge on any atom is 0.178 e. The molecule has 2 heterocycles. The second kappa shape index (κ2) is 6.11. The summed E-state index contributed by atoms with van der Waals surface area (Å²) in [6.07, 6.45) is 6.42. The molecule has 3 aromatic rings. The molecule has 0 spiro atoms. The molecule has 0 saturated heterocycles. The quantitative estimate of drug-likeness (QED) is 0.696. The average Bonchev–Trinajstić information content (AvgIpc) is 2.62. The van der Waals surface area contributed by atoms with Crippen molar-refractivity contribution >= 4 is 0 Å². The highest BCUT2D eigenvalue weighted by Gasteiger charge is 2.14. The van der Waals surface area contributed by atoms with Crippen LogP contribution in [0.4, 0.5) is 4.39 Å². The van der Waals surface area contributed by atoms with Crippen LogP contribution < -0.4 is 0 Å². The van der Waals surface area contributed by atoms with Gasteiger partial charge in [0.25, 0.3) is 0 Å². The van der Waals surface area contributed by atoms with Gasteiger partial charge in [-0.2, -0.15) is 0 Å². The molecule has 1 aromatic carbocycles. The number of benzene rings is 1. The van der Waals surface area contributed by atoms with Gasteiger partial charge in [0.1, 0.15) is 11.5 Å². The van der Waals surface area contributed by atoms with E-state index in [0.717, 1.165) is 41.1 Å². The summed E-state index contributed by atoms with van der Waals surface area (Å²) >= 11 is 0.